The lowest BCUT2D eigenvalue weighted by Gasteiger charge is -2.43. The molecule has 5 N–H and O–H groups in total. The number of nitrogens with zero attached hydrogens (tertiary/aromatic N) is 4. The molecule has 2 heterocycles. The van der Waals surface area contributed by atoms with E-state index in [9.17, 15) is 19.5 Å². The van der Waals surface area contributed by atoms with Crippen molar-refractivity contribution < 1.29 is 24.2 Å². The second kappa shape index (κ2) is 13.2. The summed E-state index contributed by atoms with van der Waals surface area (Å²) in [5, 5.41) is 15.6. The molecular weight excluding hydrogens is 550 g/mol. The van der Waals surface area contributed by atoms with Crippen LogP contribution in [0.4, 0.5) is 23.1 Å². The van der Waals surface area contributed by atoms with E-state index in [1.165, 1.54) is 7.11 Å². The Morgan fingerprint density at radius 1 is 1.16 bits per heavy atom. The molecule has 5 rings (SSSR count). The lowest BCUT2D eigenvalue weighted by atomic mass is 9.92. The fraction of sp³-hybridized carbons (Fsp3) is 0.581. The van der Waals surface area contributed by atoms with Gasteiger partial charge in [-0.3, -0.25) is 14.4 Å². The van der Waals surface area contributed by atoms with E-state index in [4.69, 9.17) is 15.5 Å². The van der Waals surface area contributed by atoms with Gasteiger partial charge >= 0.3 is 5.97 Å². The van der Waals surface area contributed by atoms with Crippen LogP contribution in [0.15, 0.2) is 24.4 Å². The standard InChI is InChI=1S/C31H43N7O5/c1-4-24-29(40)37(2)25-17-33-31(36-27(25)38(24)20-11-7-8-12-20)35-22-14-13-19(15-26(22)43-3)28(39)34-23(16-21(32)30(41)42)18-9-5-6-10-18/h13-15,17-18,20-21,23-24H,4-12,16,32H2,1-3H3,(H,34,39)(H,41,42)(H,33,35,36)/t21-,23?,24+/m0/s1. The van der Waals surface area contributed by atoms with Gasteiger partial charge in [-0.1, -0.05) is 32.6 Å². The second-order valence-corrected chi connectivity index (χ2v) is 11.9. The number of carbonyl (C=O) groups excluding carboxylic acids is 2. The first-order valence-corrected chi connectivity index (χ1v) is 15.4. The number of likely N-dealkylation sites (N-methyl/N-ethyl adjacent to an activating group) is 1. The normalized spacial score (nSPS) is 20.6. The summed E-state index contributed by atoms with van der Waals surface area (Å²) in [6.45, 7) is 2.03. The number of hydrogen-bond donors (Lipinski definition) is 4. The van der Waals surface area contributed by atoms with Crippen LogP contribution in [-0.2, 0) is 9.59 Å². The van der Waals surface area contributed by atoms with Gasteiger partial charge < -0.3 is 36.0 Å². The number of methoxy groups -OCH3 is 1. The summed E-state index contributed by atoms with van der Waals surface area (Å²) in [6, 6.07) is 3.69. The lowest BCUT2D eigenvalue weighted by Crippen LogP contribution is -2.55. The number of carboxylic acid groups (broad SMARTS) is 1. The maximum absolute atomic E-state index is 13.3. The molecular formula is C31H43N7O5. The van der Waals surface area contributed by atoms with Crippen LogP contribution in [0.5, 0.6) is 5.75 Å². The molecule has 2 fully saturated rings. The number of carbonyl (C=O) groups is 3. The number of amides is 2. The SMILES string of the molecule is CC[C@@H]1C(=O)N(C)c2cnc(Nc3ccc(C(=O)NC(C[C@H](N)C(=O)O)C4CCCC4)cc3OC)nc2N1C1CCCC1. The average molecular weight is 594 g/mol. The number of fused-ring (bicyclic) bond motifs is 1. The smallest absolute Gasteiger partial charge is 0.320 e. The molecule has 2 aliphatic carbocycles. The van der Waals surface area contributed by atoms with Crippen molar-refractivity contribution >= 4 is 40.9 Å². The highest BCUT2D eigenvalue weighted by Gasteiger charge is 2.41. The highest BCUT2D eigenvalue weighted by molar-refractivity contribution is 6.04. The average Bonchev–Trinajstić information content (AvgIpc) is 3.74. The minimum absolute atomic E-state index is 0.0573. The van der Waals surface area contributed by atoms with Crippen LogP contribution in [0.1, 0.15) is 81.5 Å². The quantitative estimate of drug-likeness (QED) is 0.301. The minimum atomic E-state index is -1.08. The predicted molar refractivity (Wildman–Crippen MR) is 164 cm³/mol. The van der Waals surface area contributed by atoms with E-state index in [2.05, 4.69) is 20.5 Å². The number of nitrogens with two attached hydrogens (primary N) is 1. The van der Waals surface area contributed by atoms with Gasteiger partial charge in [0.1, 0.15) is 23.5 Å². The van der Waals surface area contributed by atoms with Crippen molar-refractivity contribution in [1.82, 2.24) is 15.3 Å². The third kappa shape index (κ3) is 6.39. The van der Waals surface area contributed by atoms with Gasteiger partial charge in [-0.25, -0.2) is 4.98 Å². The number of hydrogen-bond acceptors (Lipinski definition) is 9. The van der Waals surface area contributed by atoms with E-state index in [1.807, 2.05) is 6.92 Å². The highest BCUT2D eigenvalue weighted by atomic mass is 16.5. The lowest BCUT2D eigenvalue weighted by molar-refractivity contribution is -0.138. The summed E-state index contributed by atoms with van der Waals surface area (Å²) in [4.78, 5) is 51.1. The largest absolute Gasteiger partial charge is 0.495 e. The number of rotatable bonds is 11. The van der Waals surface area contributed by atoms with Crippen LogP contribution >= 0.6 is 0 Å². The van der Waals surface area contributed by atoms with Gasteiger partial charge in [0.25, 0.3) is 5.91 Å². The topological polar surface area (TPSA) is 163 Å². The third-order valence-electron chi connectivity index (χ3n) is 9.23. The number of ether oxygens (including phenoxy) is 1. The monoisotopic (exact) mass is 593 g/mol. The predicted octanol–water partition coefficient (Wildman–Crippen LogP) is 3.82. The Hall–Kier alpha value is -3.93. The van der Waals surface area contributed by atoms with Crippen LogP contribution in [0, 0.1) is 5.92 Å². The fourth-order valence-electron chi connectivity index (χ4n) is 6.85. The first-order chi connectivity index (χ1) is 20.7. The van der Waals surface area contributed by atoms with E-state index in [0.717, 1.165) is 57.2 Å². The molecule has 3 atom stereocenters. The number of benzene rings is 1. The summed E-state index contributed by atoms with van der Waals surface area (Å²) >= 11 is 0. The van der Waals surface area contributed by atoms with Crippen molar-refractivity contribution in [2.75, 3.05) is 29.3 Å². The van der Waals surface area contributed by atoms with Crippen LogP contribution in [-0.4, -0.2) is 71.2 Å². The molecule has 0 bridgehead atoms. The molecule has 2 aromatic rings. The molecule has 43 heavy (non-hydrogen) atoms. The van der Waals surface area contributed by atoms with Gasteiger partial charge in [0.15, 0.2) is 5.82 Å². The Kier molecular flexibility index (Phi) is 9.34. The van der Waals surface area contributed by atoms with Crippen LogP contribution < -0.4 is 30.9 Å². The molecule has 3 aliphatic rings. The highest BCUT2D eigenvalue weighted by Crippen LogP contribution is 2.40. The second-order valence-electron chi connectivity index (χ2n) is 11.9. The van der Waals surface area contributed by atoms with Crippen LogP contribution in [0.2, 0.25) is 0 Å². The van der Waals surface area contributed by atoms with Gasteiger partial charge in [0.05, 0.1) is 19.0 Å². The molecule has 2 amide bonds. The van der Waals surface area contributed by atoms with Gasteiger partial charge in [-0.15, -0.1) is 0 Å². The van der Waals surface area contributed by atoms with Gasteiger partial charge in [-0.05, 0) is 62.6 Å². The summed E-state index contributed by atoms with van der Waals surface area (Å²) in [6.07, 6.45) is 10.9. The Labute approximate surface area is 252 Å². The summed E-state index contributed by atoms with van der Waals surface area (Å²) in [5.74, 6) is 0.402. The van der Waals surface area contributed by atoms with E-state index in [1.54, 1.807) is 36.3 Å². The van der Waals surface area contributed by atoms with Crippen LogP contribution in [0.3, 0.4) is 0 Å². The molecule has 2 saturated carbocycles. The summed E-state index contributed by atoms with van der Waals surface area (Å²) < 4.78 is 5.63. The van der Waals surface area contributed by atoms with E-state index >= 15 is 0 Å². The Morgan fingerprint density at radius 2 is 1.86 bits per heavy atom. The van der Waals surface area contributed by atoms with Crippen molar-refractivity contribution in [1.29, 1.82) is 0 Å². The minimum Gasteiger partial charge on any atom is -0.495 e. The van der Waals surface area contributed by atoms with Crippen molar-refractivity contribution in [3.05, 3.63) is 30.0 Å². The van der Waals surface area contributed by atoms with E-state index < -0.39 is 12.0 Å². The fourth-order valence-corrected chi connectivity index (χ4v) is 6.85. The van der Waals surface area contributed by atoms with Gasteiger partial charge in [-0.2, -0.15) is 4.98 Å². The van der Waals surface area contributed by atoms with Gasteiger partial charge in [0, 0.05) is 24.7 Å². The third-order valence-corrected chi connectivity index (χ3v) is 9.23. The zero-order valence-corrected chi connectivity index (χ0v) is 25.2. The maximum atomic E-state index is 13.3. The Balaban J connectivity index is 1.37. The van der Waals surface area contributed by atoms with Crippen molar-refractivity contribution in [3.8, 4) is 5.75 Å². The molecule has 0 radical (unpaired) electrons. The number of aromatic nitrogens is 2. The molecule has 1 aromatic carbocycles. The Morgan fingerprint density at radius 3 is 2.51 bits per heavy atom. The molecule has 0 saturated heterocycles. The zero-order valence-electron chi connectivity index (χ0n) is 25.2. The Bertz CT molecular complexity index is 1340. The first kappa shape index (κ1) is 30.5. The molecule has 1 aromatic heterocycles. The number of aliphatic carboxylic acids is 1. The van der Waals surface area contributed by atoms with Crippen LogP contribution in [0.25, 0.3) is 0 Å². The molecule has 12 nitrogen and oxygen atoms in total. The van der Waals surface area contributed by atoms with Crippen molar-refractivity contribution in [2.45, 2.75) is 95.3 Å². The van der Waals surface area contributed by atoms with Crippen molar-refractivity contribution in [2.24, 2.45) is 11.7 Å². The zero-order chi connectivity index (χ0) is 30.7. The summed E-state index contributed by atoms with van der Waals surface area (Å²) in [5.41, 5.74) is 7.50. The molecule has 0 spiro atoms. The van der Waals surface area contributed by atoms with Gasteiger partial charge in [0.2, 0.25) is 11.9 Å². The molecule has 1 aliphatic heterocycles. The number of carboxylic acids is 1. The number of anilines is 4. The number of nitrogens with one attached hydrogen (secondary N) is 2. The van der Waals surface area contributed by atoms with E-state index in [-0.39, 0.29) is 42.3 Å². The first-order valence-electron chi connectivity index (χ1n) is 15.4. The molecule has 232 valence electrons. The summed E-state index contributed by atoms with van der Waals surface area (Å²) in [7, 11) is 3.29. The molecule has 1 unspecified atom stereocenters. The van der Waals surface area contributed by atoms with Crippen molar-refractivity contribution in [3.63, 3.8) is 0 Å². The van der Waals surface area contributed by atoms with E-state index in [0.29, 0.717) is 35.1 Å². The molecule has 12 heteroatoms. The maximum Gasteiger partial charge on any atom is 0.320 e.